The van der Waals surface area contributed by atoms with E-state index in [1.54, 1.807) is 0 Å². The molecule has 2 aromatic carbocycles. The monoisotopic (exact) mass is 373 g/mol. The largest absolute Gasteiger partial charge is 0.342 e. The van der Waals surface area contributed by atoms with Gasteiger partial charge in [0.25, 0.3) is 5.91 Å². The first-order valence-electron chi connectivity index (χ1n) is 9.94. The van der Waals surface area contributed by atoms with Crippen molar-refractivity contribution in [1.82, 2.24) is 14.0 Å². The van der Waals surface area contributed by atoms with E-state index >= 15 is 0 Å². The molecule has 0 radical (unpaired) electrons. The van der Waals surface area contributed by atoms with Gasteiger partial charge in [-0.25, -0.2) is 0 Å². The van der Waals surface area contributed by atoms with Gasteiger partial charge in [0.15, 0.2) is 0 Å². The second kappa shape index (κ2) is 7.19. The minimum atomic E-state index is 0.0836. The number of aryl methyl sites for hydroxylation is 1. The van der Waals surface area contributed by atoms with E-state index in [1.165, 1.54) is 10.9 Å². The van der Waals surface area contributed by atoms with Gasteiger partial charge < -0.3 is 14.0 Å². The molecule has 2 aromatic heterocycles. The van der Waals surface area contributed by atoms with Gasteiger partial charge in [0.2, 0.25) is 0 Å². The number of para-hydroxylation sites is 1. The highest BCUT2D eigenvalue weighted by atomic mass is 16.2. The molecular weight excluding hydrogens is 346 g/mol. The van der Waals surface area contributed by atoms with Crippen LogP contribution in [0.4, 0.5) is 0 Å². The van der Waals surface area contributed by atoms with Gasteiger partial charge in [0, 0.05) is 31.6 Å². The SMILES string of the molecule is CCN(Cc1ccccc1)C(=O)c1cc2c(c3ccccc3n2C)n1C(C)C. The molecule has 28 heavy (non-hydrogen) atoms. The van der Waals surface area contributed by atoms with Crippen LogP contribution in [-0.2, 0) is 13.6 Å². The van der Waals surface area contributed by atoms with E-state index in [2.05, 4.69) is 72.5 Å². The molecule has 0 saturated carbocycles. The van der Waals surface area contributed by atoms with Crippen molar-refractivity contribution in [3.63, 3.8) is 0 Å². The second-order valence-electron chi connectivity index (χ2n) is 7.61. The van der Waals surface area contributed by atoms with E-state index in [1.807, 2.05) is 30.0 Å². The van der Waals surface area contributed by atoms with Crippen molar-refractivity contribution in [1.29, 1.82) is 0 Å². The quantitative estimate of drug-likeness (QED) is 0.462. The van der Waals surface area contributed by atoms with E-state index in [4.69, 9.17) is 0 Å². The summed E-state index contributed by atoms with van der Waals surface area (Å²) in [6, 6.07) is 20.8. The molecule has 0 aliphatic carbocycles. The Hall–Kier alpha value is -3.01. The predicted molar refractivity (Wildman–Crippen MR) is 116 cm³/mol. The minimum Gasteiger partial charge on any atom is -0.342 e. The van der Waals surface area contributed by atoms with Crippen LogP contribution in [0.15, 0.2) is 60.7 Å². The number of hydrogen-bond acceptors (Lipinski definition) is 1. The number of carbonyl (C=O) groups excluding carboxylic acids is 1. The van der Waals surface area contributed by atoms with Crippen LogP contribution in [0.1, 0.15) is 42.9 Å². The summed E-state index contributed by atoms with van der Waals surface area (Å²) in [6.45, 7) is 7.63. The van der Waals surface area contributed by atoms with E-state index < -0.39 is 0 Å². The Morgan fingerprint density at radius 1 is 1.00 bits per heavy atom. The highest BCUT2D eigenvalue weighted by Gasteiger charge is 2.25. The van der Waals surface area contributed by atoms with E-state index in [0.717, 1.165) is 22.3 Å². The van der Waals surface area contributed by atoms with Gasteiger partial charge in [0.05, 0.1) is 16.6 Å². The lowest BCUT2D eigenvalue weighted by atomic mass is 10.2. The lowest BCUT2D eigenvalue weighted by molar-refractivity contribution is 0.0740. The molecular formula is C24H27N3O. The first-order chi connectivity index (χ1) is 13.5. The Labute approximate surface area is 166 Å². The van der Waals surface area contributed by atoms with Crippen LogP contribution in [0.5, 0.6) is 0 Å². The van der Waals surface area contributed by atoms with E-state index in [-0.39, 0.29) is 11.9 Å². The molecule has 4 heteroatoms. The molecule has 0 aliphatic rings. The summed E-state index contributed by atoms with van der Waals surface area (Å²) in [5, 5.41) is 1.19. The van der Waals surface area contributed by atoms with Gasteiger partial charge in [-0.15, -0.1) is 0 Å². The van der Waals surface area contributed by atoms with Gasteiger partial charge in [-0.05, 0) is 38.5 Å². The number of hydrogen-bond donors (Lipinski definition) is 0. The van der Waals surface area contributed by atoms with Crippen LogP contribution in [0, 0.1) is 0 Å². The fourth-order valence-electron chi connectivity index (χ4n) is 4.12. The first-order valence-corrected chi connectivity index (χ1v) is 9.94. The van der Waals surface area contributed by atoms with Crippen LogP contribution < -0.4 is 0 Å². The zero-order valence-corrected chi connectivity index (χ0v) is 17.0. The zero-order valence-electron chi connectivity index (χ0n) is 17.0. The molecule has 0 aliphatic heterocycles. The van der Waals surface area contributed by atoms with Crippen LogP contribution in [-0.4, -0.2) is 26.5 Å². The van der Waals surface area contributed by atoms with Gasteiger partial charge in [0.1, 0.15) is 5.69 Å². The maximum atomic E-state index is 13.5. The lowest BCUT2D eigenvalue weighted by Crippen LogP contribution is -2.32. The Bertz CT molecular complexity index is 1140. The van der Waals surface area contributed by atoms with E-state index in [9.17, 15) is 4.79 Å². The molecule has 4 nitrogen and oxygen atoms in total. The molecule has 0 spiro atoms. The summed E-state index contributed by atoms with van der Waals surface area (Å²) in [4.78, 5) is 15.4. The van der Waals surface area contributed by atoms with Crippen molar-refractivity contribution in [2.75, 3.05) is 6.54 Å². The van der Waals surface area contributed by atoms with Gasteiger partial charge in [-0.1, -0.05) is 48.5 Å². The van der Waals surface area contributed by atoms with E-state index in [0.29, 0.717) is 13.1 Å². The number of aromatic nitrogens is 2. The van der Waals surface area contributed by atoms with Gasteiger partial charge in [-0.2, -0.15) is 0 Å². The second-order valence-corrected chi connectivity index (χ2v) is 7.61. The molecule has 4 rings (SSSR count). The Balaban J connectivity index is 1.84. The number of rotatable bonds is 5. The highest BCUT2D eigenvalue weighted by Crippen LogP contribution is 2.33. The molecule has 0 saturated heterocycles. The van der Waals surface area contributed by atoms with Crippen molar-refractivity contribution in [2.24, 2.45) is 7.05 Å². The van der Waals surface area contributed by atoms with Gasteiger partial charge >= 0.3 is 0 Å². The third kappa shape index (κ3) is 2.89. The number of carbonyl (C=O) groups is 1. The summed E-state index contributed by atoms with van der Waals surface area (Å²) in [5.41, 5.74) is 5.35. The van der Waals surface area contributed by atoms with Crippen LogP contribution >= 0.6 is 0 Å². The number of fused-ring (bicyclic) bond motifs is 3. The average Bonchev–Trinajstić information content (AvgIpc) is 3.23. The average molecular weight is 374 g/mol. The van der Waals surface area contributed by atoms with Crippen LogP contribution in [0.3, 0.4) is 0 Å². The lowest BCUT2D eigenvalue weighted by Gasteiger charge is -2.23. The fourth-order valence-corrected chi connectivity index (χ4v) is 4.12. The smallest absolute Gasteiger partial charge is 0.270 e. The maximum absolute atomic E-state index is 13.5. The fraction of sp³-hybridized carbons (Fsp3) is 0.292. The molecule has 0 atom stereocenters. The first kappa shape index (κ1) is 18.4. The molecule has 1 amide bonds. The van der Waals surface area contributed by atoms with Crippen molar-refractivity contribution < 1.29 is 4.79 Å². The molecule has 2 heterocycles. The molecule has 0 N–H and O–H groups in total. The molecule has 4 aromatic rings. The normalized spacial score (nSPS) is 11.6. The molecule has 0 fully saturated rings. The standard InChI is InChI=1S/C24H27N3O/c1-5-26(16-18-11-7-6-8-12-18)24(28)22-15-21-23(27(22)17(2)3)19-13-9-10-14-20(19)25(21)4/h6-15,17H,5,16H2,1-4H3. The summed E-state index contributed by atoms with van der Waals surface area (Å²) in [7, 11) is 2.07. The Morgan fingerprint density at radius 2 is 1.68 bits per heavy atom. The highest BCUT2D eigenvalue weighted by molar-refractivity contribution is 6.10. The summed E-state index contributed by atoms with van der Waals surface area (Å²) >= 11 is 0. The summed E-state index contributed by atoms with van der Waals surface area (Å²) < 4.78 is 4.39. The Morgan fingerprint density at radius 3 is 2.36 bits per heavy atom. The maximum Gasteiger partial charge on any atom is 0.270 e. The molecule has 0 bridgehead atoms. The third-order valence-corrected chi connectivity index (χ3v) is 5.52. The minimum absolute atomic E-state index is 0.0836. The van der Waals surface area contributed by atoms with Crippen molar-refractivity contribution in [2.45, 2.75) is 33.4 Å². The third-order valence-electron chi connectivity index (χ3n) is 5.52. The number of nitrogens with zero attached hydrogens (tertiary/aromatic N) is 3. The number of amides is 1. The zero-order chi connectivity index (χ0) is 19.8. The van der Waals surface area contributed by atoms with Crippen molar-refractivity contribution in [3.05, 3.63) is 71.9 Å². The topological polar surface area (TPSA) is 30.2 Å². The summed E-state index contributed by atoms with van der Waals surface area (Å²) in [5.74, 6) is 0.0836. The number of benzene rings is 2. The predicted octanol–water partition coefficient (Wildman–Crippen LogP) is 5.38. The molecule has 144 valence electrons. The van der Waals surface area contributed by atoms with Crippen LogP contribution in [0.25, 0.3) is 21.9 Å². The van der Waals surface area contributed by atoms with Gasteiger partial charge in [-0.3, -0.25) is 4.79 Å². The van der Waals surface area contributed by atoms with Crippen LogP contribution in [0.2, 0.25) is 0 Å². The van der Waals surface area contributed by atoms with Crippen molar-refractivity contribution >= 4 is 27.8 Å². The summed E-state index contributed by atoms with van der Waals surface area (Å²) in [6.07, 6.45) is 0. The molecule has 0 unspecified atom stereocenters. The van der Waals surface area contributed by atoms with Crippen molar-refractivity contribution in [3.8, 4) is 0 Å². The Kier molecular flexibility index (Phi) is 4.71.